The van der Waals surface area contributed by atoms with Crippen LogP contribution in [0, 0.1) is 30.6 Å². The molecule has 20 heavy (non-hydrogen) atoms. The molecule has 3 heteroatoms. The lowest BCUT2D eigenvalue weighted by atomic mass is 9.89. The van der Waals surface area contributed by atoms with E-state index in [1.165, 1.54) is 36.9 Å². The highest BCUT2D eigenvalue weighted by atomic mass is 15.3. The van der Waals surface area contributed by atoms with Gasteiger partial charge in [-0.15, -0.1) is 0 Å². The quantitative estimate of drug-likeness (QED) is 0.862. The first-order chi connectivity index (χ1) is 9.63. The van der Waals surface area contributed by atoms with Gasteiger partial charge in [-0.05, 0) is 56.4 Å². The highest BCUT2D eigenvalue weighted by molar-refractivity contribution is 5.16. The molecule has 1 aromatic heterocycles. The minimum Gasteiger partial charge on any atom is -0.312 e. The van der Waals surface area contributed by atoms with Gasteiger partial charge in [0.1, 0.15) is 0 Å². The summed E-state index contributed by atoms with van der Waals surface area (Å²) in [5.74, 6) is 3.63. The van der Waals surface area contributed by atoms with Crippen molar-refractivity contribution in [2.45, 2.75) is 59.5 Å². The first-order valence-electron chi connectivity index (χ1n) is 8.35. The van der Waals surface area contributed by atoms with Crippen LogP contribution in [0.5, 0.6) is 0 Å². The fourth-order valence-corrected chi connectivity index (χ4v) is 4.16. The summed E-state index contributed by atoms with van der Waals surface area (Å²) in [6.07, 6.45) is 7.97. The van der Waals surface area contributed by atoms with Gasteiger partial charge in [-0.25, -0.2) is 0 Å². The van der Waals surface area contributed by atoms with Crippen molar-refractivity contribution in [1.29, 1.82) is 0 Å². The average Bonchev–Trinajstić information content (AvgIpc) is 3.09. The maximum atomic E-state index is 4.64. The van der Waals surface area contributed by atoms with Crippen molar-refractivity contribution in [3.05, 3.63) is 17.5 Å². The highest BCUT2D eigenvalue weighted by Gasteiger charge is 2.39. The van der Waals surface area contributed by atoms with E-state index in [0.29, 0.717) is 5.92 Å². The summed E-state index contributed by atoms with van der Waals surface area (Å²) in [5, 5.41) is 8.16. The number of nitrogens with one attached hydrogen (secondary N) is 1. The molecular formula is C17H29N3. The van der Waals surface area contributed by atoms with E-state index in [1.54, 1.807) is 0 Å². The first kappa shape index (κ1) is 14.1. The van der Waals surface area contributed by atoms with Crippen LogP contribution >= 0.6 is 0 Å². The van der Waals surface area contributed by atoms with E-state index in [4.69, 9.17) is 0 Å². The predicted molar refractivity (Wildman–Crippen MR) is 82.4 cm³/mol. The van der Waals surface area contributed by atoms with Crippen LogP contribution in [0.2, 0.25) is 0 Å². The molecular weight excluding hydrogens is 246 g/mol. The SMILES string of the molecule is Cc1c(CNCC(C)C)cnn1CC1CC2CCC1C2. The van der Waals surface area contributed by atoms with Crippen LogP contribution in [0.1, 0.15) is 50.8 Å². The lowest BCUT2D eigenvalue weighted by molar-refractivity contribution is 0.283. The minimum atomic E-state index is 0.708. The van der Waals surface area contributed by atoms with E-state index < -0.39 is 0 Å². The second kappa shape index (κ2) is 5.88. The Hall–Kier alpha value is -0.830. The van der Waals surface area contributed by atoms with Crippen LogP contribution in [0.15, 0.2) is 6.20 Å². The van der Waals surface area contributed by atoms with Crippen molar-refractivity contribution in [3.63, 3.8) is 0 Å². The molecule has 2 bridgehead atoms. The van der Waals surface area contributed by atoms with Gasteiger partial charge in [0.2, 0.25) is 0 Å². The lowest BCUT2D eigenvalue weighted by Crippen LogP contribution is -2.20. The number of hydrogen-bond acceptors (Lipinski definition) is 2. The maximum Gasteiger partial charge on any atom is 0.0537 e. The third-order valence-electron chi connectivity index (χ3n) is 5.36. The van der Waals surface area contributed by atoms with Crippen molar-refractivity contribution >= 4 is 0 Å². The third-order valence-corrected chi connectivity index (χ3v) is 5.36. The molecule has 3 atom stereocenters. The summed E-state index contributed by atoms with van der Waals surface area (Å²) in [5.41, 5.74) is 2.73. The van der Waals surface area contributed by atoms with Gasteiger partial charge in [-0.3, -0.25) is 4.68 Å². The zero-order valence-electron chi connectivity index (χ0n) is 13.2. The molecule has 3 rings (SSSR count). The van der Waals surface area contributed by atoms with E-state index >= 15 is 0 Å². The minimum absolute atomic E-state index is 0.708. The molecule has 0 saturated heterocycles. The molecule has 1 N–H and O–H groups in total. The highest BCUT2D eigenvalue weighted by Crippen LogP contribution is 2.48. The molecule has 0 aromatic carbocycles. The summed E-state index contributed by atoms with van der Waals surface area (Å²) in [6, 6.07) is 0. The van der Waals surface area contributed by atoms with Crippen molar-refractivity contribution in [3.8, 4) is 0 Å². The van der Waals surface area contributed by atoms with Crippen molar-refractivity contribution < 1.29 is 0 Å². The summed E-state index contributed by atoms with van der Waals surface area (Å²) >= 11 is 0. The fraction of sp³-hybridized carbons (Fsp3) is 0.824. The molecule has 0 radical (unpaired) electrons. The van der Waals surface area contributed by atoms with Gasteiger partial charge < -0.3 is 5.32 Å². The fourth-order valence-electron chi connectivity index (χ4n) is 4.16. The Kier molecular flexibility index (Phi) is 4.16. The van der Waals surface area contributed by atoms with Gasteiger partial charge in [0, 0.05) is 24.3 Å². The Balaban J connectivity index is 1.56. The standard InChI is InChI=1S/C17H29N3/c1-12(2)8-18-9-17-10-19-20(13(17)3)11-16-7-14-4-5-15(16)6-14/h10,12,14-16,18H,4-9,11H2,1-3H3. The summed E-state index contributed by atoms with van der Waals surface area (Å²) in [4.78, 5) is 0. The first-order valence-corrected chi connectivity index (χ1v) is 8.35. The van der Waals surface area contributed by atoms with Crippen molar-refractivity contribution in [2.75, 3.05) is 6.54 Å². The molecule has 2 saturated carbocycles. The Morgan fingerprint density at radius 1 is 1.35 bits per heavy atom. The summed E-state index contributed by atoms with van der Waals surface area (Å²) in [6.45, 7) is 9.92. The number of fused-ring (bicyclic) bond motifs is 2. The molecule has 3 nitrogen and oxygen atoms in total. The van der Waals surface area contributed by atoms with Crippen LogP contribution in [-0.4, -0.2) is 16.3 Å². The van der Waals surface area contributed by atoms with Crippen LogP contribution in [0.4, 0.5) is 0 Å². The average molecular weight is 275 g/mol. The smallest absolute Gasteiger partial charge is 0.0537 e. The van der Waals surface area contributed by atoms with E-state index in [1.807, 2.05) is 0 Å². The van der Waals surface area contributed by atoms with Gasteiger partial charge in [0.25, 0.3) is 0 Å². The summed E-state index contributed by atoms with van der Waals surface area (Å²) in [7, 11) is 0. The number of hydrogen-bond donors (Lipinski definition) is 1. The van der Waals surface area contributed by atoms with Gasteiger partial charge in [-0.2, -0.15) is 5.10 Å². The molecule has 2 fully saturated rings. The van der Waals surface area contributed by atoms with E-state index in [9.17, 15) is 0 Å². The monoisotopic (exact) mass is 275 g/mol. The molecule has 0 spiro atoms. The Bertz CT molecular complexity index is 449. The molecule has 3 unspecified atom stereocenters. The Labute approximate surface area is 123 Å². The number of rotatable bonds is 6. The normalized spacial score (nSPS) is 28.7. The molecule has 1 aromatic rings. The van der Waals surface area contributed by atoms with Gasteiger partial charge in [-0.1, -0.05) is 20.3 Å². The number of nitrogens with zero attached hydrogens (tertiary/aromatic N) is 2. The molecule has 0 amide bonds. The molecule has 2 aliphatic rings. The van der Waals surface area contributed by atoms with E-state index in [0.717, 1.165) is 37.4 Å². The lowest BCUT2D eigenvalue weighted by Gasteiger charge is -2.22. The third kappa shape index (κ3) is 2.93. The molecule has 0 aliphatic heterocycles. The van der Waals surface area contributed by atoms with Crippen LogP contribution in [0.25, 0.3) is 0 Å². The van der Waals surface area contributed by atoms with Crippen LogP contribution in [0.3, 0.4) is 0 Å². The van der Waals surface area contributed by atoms with Crippen LogP contribution < -0.4 is 5.32 Å². The van der Waals surface area contributed by atoms with E-state index in [2.05, 4.69) is 42.1 Å². The predicted octanol–water partition coefficient (Wildman–Crippen LogP) is 3.37. The topological polar surface area (TPSA) is 29.9 Å². The zero-order chi connectivity index (χ0) is 14.1. The second-order valence-corrected chi connectivity index (χ2v) is 7.40. The van der Waals surface area contributed by atoms with Gasteiger partial charge in [0.05, 0.1) is 6.20 Å². The number of aromatic nitrogens is 2. The maximum absolute atomic E-state index is 4.64. The molecule has 1 heterocycles. The molecule has 112 valence electrons. The summed E-state index contributed by atoms with van der Waals surface area (Å²) < 4.78 is 2.26. The molecule has 2 aliphatic carbocycles. The van der Waals surface area contributed by atoms with Crippen molar-refractivity contribution in [1.82, 2.24) is 15.1 Å². The Morgan fingerprint density at radius 2 is 2.20 bits per heavy atom. The zero-order valence-corrected chi connectivity index (χ0v) is 13.2. The van der Waals surface area contributed by atoms with Gasteiger partial charge >= 0.3 is 0 Å². The van der Waals surface area contributed by atoms with Crippen molar-refractivity contribution in [2.24, 2.45) is 23.7 Å². The largest absolute Gasteiger partial charge is 0.312 e. The van der Waals surface area contributed by atoms with Crippen LogP contribution in [-0.2, 0) is 13.1 Å². The van der Waals surface area contributed by atoms with E-state index in [-0.39, 0.29) is 0 Å². The second-order valence-electron chi connectivity index (χ2n) is 7.40. The van der Waals surface area contributed by atoms with Gasteiger partial charge in [0.15, 0.2) is 0 Å². The Morgan fingerprint density at radius 3 is 2.85 bits per heavy atom.